The molecule has 0 saturated heterocycles. The van der Waals surface area contributed by atoms with Crippen LogP contribution in [-0.2, 0) is 0 Å². The van der Waals surface area contributed by atoms with Crippen molar-refractivity contribution in [2.24, 2.45) is 17.8 Å². The lowest BCUT2D eigenvalue weighted by Crippen LogP contribution is -2.20. The van der Waals surface area contributed by atoms with Gasteiger partial charge in [0.1, 0.15) is 0 Å². The zero-order valence-electron chi connectivity index (χ0n) is 15.6. The predicted octanol–water partition coefficient (Wildman–Crippen LogP) is 7.57. The van der Waals surface area contributed by atoms with Crippen molar-refractivity contribution >= 4 is 0 Å². The SMILES string of the molecule is CC.CC.CC.CC.CC(C)CC(C)C1CCC1. The maximum atomic E-state index is 2.42. The second-order valence-corrected chi connectivity index (χ2v) is 4.30. The summed E-state index contributed by atoms with van der Waals surface area (Å²) >= 11 is 0. The lowest BCUT2D eigenvalue weighted by atomic mass is 9.74. The lowest BCUT2D eigenvalue weighted by Gasteiger charge is -2.32. The molecule has 0 heteroatoms. The van der Waals surface area contributed by atoms with E-state index in [1.54, 1.807) is 0 Å². The van der Waals surface area contributed by atoms with Gasteiger partial charge in [0.2, 0.25) is 0 Å². The van der Waals surface area contributed by atoms with Crippen molar-refractivity contribution in [2.45, 2.75) is 102 Å². The maximum Gasteiger partial charge on any atom is -0.0388 e. The van der Waals surface area contributed by atoms with Gasteiger partial charge in [0.25, 0.3) is 0 Å². The van der Waals surface area contributed by atoms with Crippen LogP contribution >= 0.6 is 0 Å². The van der Waals surface area contributed by atoms with E-state index in [9.17, 15) is 0 Å². The standard InChI is InChI=1S/C10H20.4C2H6/c1-8(2)7-9(3)10-5-4-6-10;4*1-2/h8-10H,4-7H2,1-3H3;4*1-2H3. The molecule has 18 heavy (non-hydrogen) atoms. The van der Waals surface area contributed by atoms with Gasteiger partial charge in [-0.25, -0.2) is 0 Å². The molecule has 1 saturated carbocycles. The normalized spacial score (nSPS) is 14.0. The quantitative estimate of drug-likeness (QED) is 0.490. The Balaban J connectivity index is -0.000000105. The minimum absolute atomic E-state index is 0.899. The Bertz CT molecular complexity index is 90.2. The Morgan fingerprint density at radius 3 is 1.22 bits per heavy atom. The minimum Gasteiger partial charge on any atom is -0.0683 e. The van der Waals surface area contributed by atoms with Crippen molar-refractivity contribution in [3.8, 4) is 0 Å². The summed E-state index contributed by atoms with van der Waals surface area (Å²) in [4.78, 5) is 0. The highest BCUT2D eigenvalue weighted by atomic mass is 14.3. The molecule has 1 rings (SSSR count). The molecule has 1 fully saturated rings. The Hall–Kier alpha value is 0. The van der Waals surface area contributed by atoms with Gasteiger partial charge in [0.15, 0.2) is 0 Å². The predicted molar refractivity (Wildman–Crippen MR) is 91.4 cm³/mol. The van der Waals surface area contributed by atoms with Crippen LogP contribution in [-0.4, -0.2) is 0 Å². The Kier molecular flexibility index (Phi) is 38.0. The van der Waals surface area contributed by atoms with Crippen LogP contribution in [0.4, 0.5) is 0 Å². The zero-order valence-corrected chi connectivity index (χ0v) is 15.6. The third-order valence-corrected chi connectivity index (χ3v) is 2.80. The molecule has 0 radical (unpaired) electrons. The van der Waals surface area contributed by atoms with Crippen LogP contribution in [0.3, 0.4) is 0 Å². The molecule has 0 aromatic rings. The van der Waals surface area contributed by atoms with Crippen molar-refractivity contribution < 1.29 is 0 Å². The summed E-state index contributed by atoms with van der Waals surface area (Å²) in [5, 5.41) is 0. The van der Waals surface area contributed by atoms with E-state index >= 15 is 0 Å². The average Bonchev–Trinajstić information content (AvgIpc) is 2.36. The van der Waals surface area contributed by atoms with Crippen molar-refractivity contribution in [1.29, 1.82) is 0 Å². The fourth-order valence-electron chi connectivity index (χ4n) is 1.94. The molecule has 1 unspecified atom stereocenters. The molecule has 0 N–H and O–H groups in total. The first-order valence-electron chi connectivity index (χ1n) is 8.70. The minimum atomic E-state index is 0.899. The Labute approximate surface area is 120 Å². The third kappa shape index (κ3) is 18.4. The number of hydrogen-bond acceptors (Lipinski definition) is 0. The van der Waals surface area contributed by atoms with Crippen molar-refractivity contribution in [3.05, 3.63) is 0 Å². The van der Waals surface area contributed by atoms with E-state index in [-0.39, 0.29) is 0 Å². The first kappa shape index (κ1) is 26.5. The second-order valence-electron chi connectivity index (χ2n) is 4.30. The number of hydrogen-bond donors (Lipinski definition) is 0. The van der Waals surface area contributed by atoms with Crippen LogP contribution in [0.5, 0.6) is 0 Å². The van der Waals surface area contributed by atoms with E-state index < -0.39 is 0 Å². The Morgan fingerprint density at radius 2 is 1.06 bits per heavy atom. The van der Waals surface area contributed by atoms with Crippen LogP contribution < -0.4 is 0 Å². The number of rotatable bonds is 3. The van der Waals surface area contributed by atoms with Gasteiger partial charge in [0, 0.05) is 0 Å². The van der Waals surface area contributed by atoms with Gasteiger partial charge in [-0.05, 0) is 24.2 Å². The van der Waals surface area contributed by atoms with Gasteiger partial charge >= 0.3 is 0 Å². The van der Waals surface area contributed by atoms with Crippen molar-refractivity contribution in [3.63, 3.8) is 0 Å². The van der Waals surface area contributed by atoms with Gasteiger partial charge in [-0.2, -0.15) is 0 Å². The van der Waals surface area contributed by atoms with E-state index in [2.05, 4.69) is 20.8 Å². The molecular weight excluding hydrogens is 216 g/mol. The summed E-state index contributed by atoms with van der Waals surface area (Å²) in [6, 6.07) is 0. The lowest BCUT2D eigenvalue weighted by molar-refractivity contribution is 0.195. The van der Waals surface area contributed by atoms with Crippen LogP contribution in [0.15, 0.2) is 0 Å². The van der Waals surface area contributed by atoms with Gasteiger partial charge in [-0.3, -0.25) is 0 Å². The highest BCUT2D eigenvalue weighted by Gasteiger charge is 2.23. The molecule has 0 amide bonds. The molecular formula is C18H44. The summed E-state index contributed by atoms with van der Waals surface area (Å²) in [7, 11) is 0. The molecule has 0 bridgehead atoms. The second kappa shape index (κ2) is 25.8. The summed E-state index contributed by atoms with van der Waals surface area (Å²) < 4.78 is 0. The monoisotopic (exact) mass is 260 g/mol. The first-order valence-corrected chi connectivity index (χ1v) is 8.70. The highest BCUT2D eigenvalue weighted by molar-refractivity contribution is 4.75. The zero-order chi connectivity index (χ0) is 15.6. The van der Waals surface area contributed by atoms with Crippen molar-refractivity contribution in [1.82, 2.24) is 0 Å². The average molecular weight is 261 g/mol. The molecule has 0 aromatic heterocycles. The summed E-state index contributed by atoms with van der Waals surface area (Å²) in [6.07, 6.45) is 5.94. The maximum absolute atomic E-state index is 2.42. The van der Waals surface area contributed by atoms with Gasteiger partial charge in [0.05, 0.1) is 0 Å². The Morgan fingerprint density at radius 1 is 0.722 bits per heavy atom. The molecule has 0 heterocycles. The molecule has 1 aliphatic rings. The van der Waals surface area contributed by atoms with E-state index in [1.165, 1.54) is 25.7 Å². The summed E-state index contributed by atoms with van der Waals surface area (Å²) in [5.74, 6) is 2.98. The molecule has 1 aliphatic carbocycles. The van der Waals surface area contributed by atoms with E-state index in [0.29, 0.717) is 0 Å². The van der Waals surface area contributed by atoms with Crippen molar-refractivity contribution in [2.75, 3.05) is 0 Å². The third-order valence-electron chi connectivity index (χ3n) is 2.80. The molecule has 0 aliphatic heterocycles. The van der Waals surface area contributed by atoms with Gasteiger partial charge < -0.3 is 0 Å². The van der Waals surface area contributed by atoms with Gasteiger partial charge in [-0.15, -0.1) is 0 Å². The van der Waals surface area contributed by atoms with Crippen LogP contribution in [0, 0.1) is 17.8 Å². The van der Waals surface area contributed by atoms with Gasteiger partial charge in [-0.1, -0.05) is 95.4 Å². The largest absolute Gasteiger partial charge is 0.0683 e. The summed E-state index contributed by atoms with van der Waals surface area (Å²) in [5.41, 5.74) is 0. The van der Waals surface area contributed by atoms with Crippen LogP contribution in [0.2, 0.25) is 0 Å². The molecule has 0 nitrogen and oxygen atoms in total. The fraction of sp³-hybridized carbons (Fsp3) is 1.00. The molecule has 0 aromatic carbocycles. The molecule has 0 spiro atoms. The summed E-state index contributed by atoms with van der Waals surface area (Å²) in [6.45, 7) is 23.1. The molecule has 1 atom stereocenters. The smallest absolute Gasteiger partial charge is 0.0388 e. The van der Waals surface area contributed by atoms with E-state index in [4.69, 9.17) is 0 Å². The first-order chi connectivity index (χ1) is 8.70. The van der Waals surface area contributed by atoms with Crippen LogP contribution in [0.25, 0.3) is 0 Å². The van der Waals surface area contributed by atoms with Crippen LogP contribution in [0.1, 0.15) is 102 Å². The highest BCUT2D eigenvalue weighted by Crippen LogP contribution is 2.35. The van der Waals surface area contributed by atoms with E-state index in [0.717, 1.165) is 17.8 Å². The molecule has 116 valence electrons. The van der Waals surface area contributed by atoms with E-state index in [1.807, 2.05) is 55.4 Å². The topological polar surface area (TPSA) is 0 Å². The fourth-order valence-corrected chi connectivity index (χ4v) is 1.94.